The van der Waals surface area contributed by atoms with E-state index < -0.39 is 0 Å². The van der Waals surface area contributed by atoms with E-state index in [1.807, 2.05) is 0 Å². The van der Waals surface area contributed by atoms with Crippen molar-refractivity contribution >= 4 is 58.0 Å². The summed E-state index contributed by atoms with van der Waals surface area (Å²) in [6, 6.07) is 33.3. The fourth-order valence-electron chi connectivity index (χ4n) is 14.8. The maximum atomic E-state index is 15.4. The van der Waals surface area contributed by atoms with Gasteiger partial charge in [0.1, 0.15) is 0 Å². The van der Waals surface area contributed by atoms with Crippen LogP contribution in [0.4, 0.5) is 11.4 Å². The second-order valence-electron chi connectivity index (χ2n) is 20.1. The van der Waals surface area contributed by atoms with Crippen molar-refractivity contribution in [3.05, 3.63) is 91.0 Å². The molecule has 5 aromatic carbocycles. The van der Waals surface area contributed by atoms with Gasteiger partial charge < -0.3 is 10.6 Å². The Hall–Kier alpha value is -4.01. The Morgan fingerprint density at radius 2 is 1.00 bits per heavy atom. The topological polar surface area (TPSA) is 58.2 Å². The van der Waals surface area contributed by atoms with Crippen molar-refractivity contribution < 1.29 is 9.59 Å². The van der Waals surface area contributed by atoms with Crippen LogP contribution >= 0.6 is 7.92 Å². The normalized spacial score (nSPS) is 32.4. The Bertz CT molecular complexity index is 2390. The molecule has 0 unspecified atom stereocenters. The molecule has 5 heteroatoms. The minimum atomic E-state index is -0.307. The lowest BCUT2D eigenvalue weighted by Gasteiger charge is -2.55. The summed E-state index contributed by atoms with van der Waals surface area (Å²) in [4.78, 5) is 30.4. The number of hydrogen-bond donors (Lipinski definition) is 2. The smallest absolute Gasteiger partial charge is 0.230 e. The Kier molecular flexibility index (Phi) is 8.13. The number of benzene rings is 5. The molecule has 8 saturated carbocycles. The van der Waals surface area contributed by atoms with E-state index in [1.165, 1.54) is 74.6 Å². The molecule has 1 aliphatic heterocycles. The maximum absolute atomic E-state index is 15.4. The molecule has 14 rings (SSSR count). The van der Waals surface area contributed by atoms with E-state index in [4.69, 9.17) is 0 Å². The van der Waals surface area contributed by atoms with Crippen LogP contribution in [0.2, 0.25) is 0 Å². The first-order valence-corrected chi connectivity index (χ1v) is 24.2. The fraction of sp³-hybridized carbons (Fsp3) is 0.462. The standard InChI is InChI=1S/C52H55N2O2P/c55-49(51-26-32-19-33(27-51)21-34(20-32)28-51)53-44-16-15-38-9-1-3-11-40(38)46(44)47-41-12-4-2-10-39(41)25-43(42-13-5-6-14-45(42)57-17-7-8-18-57)48(47)54-50(56)52-29-35-22-36(30-52)24-37(23-35)31-52/h1-6,9-16,25,32-37H,7-8,17-24,26-31H2,(H,53,55)(H,54,56). The molecule has 57 heavy (non-hydrogen) atoms. The van der Waals surface area contributed by atoms with Crippen LogP contribution in [-0.4, -0.2) is 24.1 Å². The summed E-state index contributed by atoms with van der Waals surface area (Å²) in [6.07, 6.45) is 19.1. The number of fused-ring (bicyclic) bond motifs is 2. The van der Waals surface area contributed by atoms with E-state index in [9.17, 15) is 4.79 Å². The third-order valence-electron chi connectivity index (χ3n) is 16.4. The van der Waals surface area contributed by atoms with Gasteiger partial charge in [-0.05, 0) is 182 Å². The number of amides is 2. The molecule has 5 aromatic rings. The van der Waals surface area contributed by atoms with Crippen molar-refractivity contribution in [2.24, 2.45) is 46.3 Å². The zero-order valence-corrected chi connectivity index (χ0v) is 34.1. The molecule has 0 spiro atoms. The largest absolute Gasteiger partial charge is 0.325 e. The Balaban J connectivity index is 1.09. The third-order valence-corrected chi connectivity index (χ3v) is 19.2. The Morgan fingerprint density at radius 3 is 1.60 bits per heavy atom. The summed E-state index contributed by atoms with van der Waals surface area (Å²) < 4.78 is 0. The van der Waals surface area contributed by atoms with E-state index in [2.05, 4.69) is 102 Å². The Labute approximate surface area is 338 Å². The summed E-state index contributed by atoms with van der Waals surface area (Å²) in [5, 5.41) is 13.5. The highest BCUT2D eigenvalue weighted by Crippen LogP contribution is 2.62. The van der Waals surface area contributed by atoms with Gasteiger partial charge in [-0.3, -0.25) is 9.59 Å². The first kappa shape index (κ1) is 35.0. The van der Waals surface area contributed by atoms with Gasteiger partial charge >= 0.3 is 0 Å². The predicted molar refractivity (Wildman–Crippen MR) is 236 cm³/mol. The van der Waals surface area contributed by atoms with Gasteiger partial charge in [-0.2, -0.15) is 0 Å². The molecule has 1 heterocycles. The van der Waals surface area contributed by atoms with E-state index in [0.29, 0.717) is 35.5 Å². The average molecular weight is 771 g/mol. The van der Waals surface area contributed by atoms with Crippen molar-refractivity contribution in [1.29, 1.82) is 0 Å². The summed E-state index contributed by atoms with van der Waals surface area (Å²) in [7, 11) is -0.277. The van der Waals surface area contributed by atoms with Crippen LogP contribution in [0, 0.1) is 46.3 Å². The summed E-state index contributed by atoms with van der Waals surface area (Å²) in [6.45, 7) is 0. The summed E-state index contributed by atoms with van der Waals surface area (Å²) in [5.41, 5.74) is 5.68. The van der Waals surface area contributed by atoms with Gasteiger partial charge in [-0.25, -0.2) is 0 Å². The number of hydrogen-bond acceptors (Lipinski definition) is 2. The van der Waals surface area contributed by atoms with Crippen LogP contribution in [0.15, 0.2) is 91.0 Å². The number of anilines is 2. The quantitative estimate of drug-likeness (QED) is 0.162. The molecule has 9 aliphatic rings. The van der Waals surface area contributed by atoms with Crippen LogP contribution in [0.5, 0.6) is 0 Å². The summed E-state index contributed by atoms with van der Waals surface area (Å²) >= 11 is 0. The molecule has 4 nitrogen and oxygen atoms in total. The second kappa shape index (κ2) is 13.3. The molecule has 2 amide bonds. The maximum Gasteiger partial charge on any atom is 0.230 e. The first-order valence-electron chi connectivity index (χ1n) is 22.5. The minimum Gasteiger partial charge on any atom is -0.325 e. The van der Waals surface area contributed by atoms with Gasteiger partial charge in [0.25, 0.3) is 0 Å². The highest BCUT2D eigenvalue weighted by Gasteiger charge is 2.56. The molecule has 9 fully saturated rings. The van der Waals surface area contributed by atoms with Gasteiger partial charge in [-0.1, -0.05) is 86.8 Å². The predicted octanol–water partition coefficient (Wildman–Crippen LogP) is 12.5. The molecule has 0 atom stereocenters. The van der Waals surface area contributed by atoms with Gasteiger partial charge in [-0.15, -0.1) is 0 Å². The average Bonchev–Trinajstić information content (AvgIpc) is 3.75. The van der Waals surface area contributed by atoms with Gasteiger partial charge in [0.05, 0.1) is 16.5 Å². The first-order chi connectivity index (χ1) is 27.9. The lowest BCUT2D eigenvalue weighted by Crippen LogP contribution is -2.52. The molecule has 8 aliphatic carbocycles. The number of carbonyl (C=O) groups excluding carboxylic acids is 2. The van der Waals surface area contributed by atoms with Crippen molar-refractivity contribution in [1.82, 2.24) is 0 Å². The van der Waals surface area contributed by atoms with E-state index >= 15 is 4.79 Å². The molecule has 0 aromatic heterocycles. The zero-order valence-electron chi connectivity index (χ0n) is 33.2. The van der Waals surface area contributed by atoms with Crippen molar-refractivity contribution in [2.75, 3.05) is 23.0 Å². The fourth-order valence-corrected chi connectivity index (χ4v) is 17.6. The lowest BCUT2D eigenvalue weighted by molar-refractivity contribution is -0.141. The van der Waals surface area contributed by atoms with Crippen molar-refractivity contribution in [3.63, 3.8) is 0 Å². The van der Waals surface area contributed by atoms with Crippen LogP contribution < -0.4 is 15.9 Å². The zero-order chi connectivity index (χ0) is 37.9. The van der Waals surface area contributed by atoms with Crippen LogP contribution in [0.25, 0.3) is 43.8 Å². The Morgan fingerprint density at radius 1 is 0.509 bits per heavy atom. The minimum absolute atomic E-state index is 0.215. The summed E-state index contributed by atoms with van der Waals surface area (Å²) in [5.74, 6) is 4.52. The van der Waals surface area contributed by atoms with E-state index in [-0.39, 0.29) is 30.6 Å². The molecule has 8 bridgehead atoms. The molecule has 2 N–H and O–H groups in total. The van der Waals surface area contributed by atoms with E-state index in [0.717, 1.165) is 88.1 Å². The second-order valence-corrected chi connectivity index (χ2v) is 22.6. The highest BCUT2D eigenvalue weighted by atomic mass is 31.1. The lowest BCUT2D eigenvalue weighted by atomic mass is 9.49. The van der Waals surface area contributed by atoms with Crippen LogP contribution in [0.1, 0.15) is 89.9 Å². The molecular weight excluding hydrogens is 716 g/mol. The van der Waals surface area contributed by atoms with Crippen molar-refractivity contribution in [2.45, 2.75) is 89.9 Å². The molecule has 290 valence electrons. The third kappa shape index (κ3) is 5.70. The monoisotopic (exact) mass is 770 g/mol. The SMILES string of the molecule is O=C(Nc1ccc2ccccc2c1-c1c(NC(=O)C23CC4CC(CC(C4)C2)C3)c(-c2ccccc2P2CCCC2)cc2ccccc12)C12CC3CC(CC(C3)C1)C2. The number of nitrogens with one attached hydrogen (secondary N) is 2. The molecule has 1 saturated heterocycles. The van der Waals surface area contributed by atoms with Crippen molar-refractivity contribution in [3.8, 4) is 22.3 Å². The van der Waals surface area contributed by atoms with Gasteiger partial charge in [0.2, 0.25) is 11.8 Å². The number of rotatable bonds is 7. The number of carbonyl (C=O) groups is 2. The highest BCUT2D eigenvalue weighted by molar-refractivity contribution is 7.66. The van der Waals surface area contributed by atoms with Gasteiger partial charge in [0.15, 0.2) is 0 Å². The van der Waals surface area contributed by atoms with E-state index in [1.54, 1.807) is 0 Å². The molecular formula is C52H55N2O2P. The molecule has 0 radical (unpaired) electrons. The van der Waals surface area contributed by atoms with Gasteiger partial charge in [0, 0.05) is 22.4 Å². The van der Waals surface area contributed by atoms with Crippen LogP contribution in [-0.2, 0) is 9.59 Å². The van der Waals surface area contributed by atoms with Crippen LogP contribution in [0.3, 0.4) is 0 Å².